The lowest BCUT2D eigenvalue weighted by Gasteiger charge is -2.19. The fourth-order valence-electron chi connectivity index (χ4n) is 2.65. The van der Waals surface area contributed by atoms with Crippen LogP contribution in [0.2, 0.25) is 0 Å². The van der Waals surface area contributed by atoms with Crippen LogP contribution in [0.3, 0.4) is 0 Å². The summed E-state index contributed by atoms with van der Waals surface area (Å²) in [6, 6.07) is 4.79. The van der Waals surface area contributed by atoms with E-state index in [2.05, 4.69) is 14.9 Å². The standard InChI is InChI=1S/C16H17FN4O3S/c1-10-15(11(2)24-19-10)25(22,23)20-14(16-18-8-9-21(16)3)12-4-6-13(17)7-5-12/h4-9,14,20H,1-3H3/t14-/m1/s1. The van der Waals surface area contributed by atoms with Gasteiger partial charge in [-0.3, -0.25) is 0 Å². The molecule has 0 saturated carbocycles. The zero-order valence-electron chi connectivity index (χ0n) is 13.9. The number of halogens is 1. The van der Waals surface area contributed by atoms with Gasteiger partial charge >= 0.3 is 0 Å². The molecule has 0 aliphatic carbocycles. The van der Waals surface area contributed by atoms with Gasteiger partial charge in [0.1, 0.15) is 28.3 Å². The Morgan fingerprint density at radius 1 is 1.24 bits per heavy atom. The van der Waals surface area contributed by atoms with E-state index < -0.39 is 21.9 Å². The normalized spacial score (nSPS) is 13.1. The Morgan fingerprint density at radius 2 is 1.92 bits per heavy atom. The van der Waals surface area contributed by atoms with E-state index in [0.29, 0.717) is 11.4 Å². The lowest BCUT2D eigenvalue weighted by Crippen LogP contribution is -2.31. The average Bonchev–Trinajstić information content (AvgIpc) is 3.12. The second-order valence-corrected chi connectivity index (χ2v) is 7.31. The van der Waals surface area contributed by atoms with Crippen LogP contribution in [-0.4, -0.2) is 23.1 Å². The number of nitrogens with zero attached hydrogens (tertiary/aromatic N) is 3. The van der Waals surface area contributed by atoms with Crippen molar-refractivity contribution < 1.29 is 17.3 Å². The fourth-order valence-corrected chi connectivity index (χ4v) is 4.16. The molecule has 0 aliphatic rings. The minimum absolute atomic E-state index is 0.00572. The first-order chi connectivity index (χ1) is 11.8. The molecule has 3 rings (SSSR count). The first kappa shape index (κ1) is 17.3. The number of aryl methyl sites for hydroxylation is 3. The number of imidazole rings is 1. The van der Waals surface area contributed by atoms with Crippen LogP contribution in [0.1, 0.15) is 28.9 Å². The van der Waals surface area contributed by atoms with Crippen molar-refractivity contribution in [3.8, 4) is 0 Å². The van der Waals surface area contributed by atoms with Crippen molar-refractivity contribution in [3.63, 3.8) is 0 Å². The Bertz CT molecular complexity index is 973. The van der Waals surface area contributed by atoms with Gasteiger partial charge in [0.2, 0.25) is 10.0 Å². The Kier molecular flexibility index (Phi) is 4.44. The second kappa shape index (κ2) is 6.41. The summed E-state index contributed by atoms with van der Waals surface area (Å²) in [5.74, 6) is 0.264. The highest BCUT2D eigenvalue weighted by Gasteiger charge is 2.30. The third kappa shape index (κ3) is 3.33. The third-order valence-corrected chi connectivity index (χ3v) is 5.50. The molecule has 3 aromatic rings. The smallest absolute Gasteiger partial charge is 0.246 e. The molecule has 2 heterocycles. The van der Waals surface area contributed by atoms with Crippen LogP contribution in [0, 0.1) is 19.7 Å². The molecule has 7 nitrogen and oxygen atoms in total. The summed E-state index contributed by atoms with van der Waals surface area (Å²) in [5, 5.41) is 3.69. The Morgan fingerprint density at radius 3 is 2.44 bits per heavy atom. The number of hydrogen-bond donors (Lipinski definition) is 1. The zero-order chi connectivity index (χ0) is 18.2. The topological polar surface area (TPSA) is 90.0 Å². The molecule has 0 radical (unpaired) electrons. The monoisotopic (exact) mass is 364 g/mol. The molecule has 0 bridgehead atoms. The summed E-state index contributed by atoms with van der Waals surface area (Å²) in [6.07, 6.45) is 3.27. The summed E-state index contributed by atoms with van der Waals surface area (Å²) in [6.45, 7) is 3.08. The minimum atomic E-state index is -3.93. The average molecular weight is 364 g/mol. The molecule has 0 spiro atoms. The molecular formula is C16H17FN4O3S. The predicted octanol–water partition coefficient (Wildman–Crippen LogP) is 2.23. The van der Waals surface area contributed by atoms with Gasteiger partial charge in [0.15, 0.2) is 5.76 Å². The molecule has 9 heteroatoms. The van der Waals surface area contributed by atoms with E-state index in [1.54, 1.807) is 30.9 Å². The lowest BCUT2D eigenvalue weighted by atomic mass is 10.1. The Labute approximate surface area is 144 Å². The fraction of sp³-hybridized carbons (Fsp3) is 0.250. The number of rotatable bonds is 5. The Hall–Kier alpha value is -2.52. The van der Waals surface area contributed by atoms with Crippen LogP contribution >= 0.6 is 0 Å². The van der Waals surface area contributed by atoms with Gasteiger partial charge in [0.25, 0.3) is 0 Å². The molecule has 0 aliphatic heterocycles. The first-order valence-corrected chi connectivity index (χ1v) is 8.96. The summed E-state index contributed by atoms with van der Waals surface area (Å²) in [7, 11) is -2.18. The molecule has 2 aromatic heterocycles. The van der Waals surface area contributed by atoms with Gasteiger partial charge in [0, 0.05) is 19.4 Å². The summed E-state index contributed by atoms with van der Waals surface area (Å²) < 4.78 is 48.3. The predicted molar refractivity (Wildman–Crippen MR) is 87.7 cm³/mol. The molecule has 1 atom stereocenters. The van der Waals surface area contributed by atoms with Gasteiger partial charge in [-0.2, -0.15) is 4.72 Å². The van der Waals surface area contributed by atoms with Crippen molar-refractivity contribution in [1.29, 1.82) is 0 Å². The molecule has 1 aromatic carbocycles. The highest BCUT2D eigenvalue weighted by Crippen LogP contribution is 2.26. The maximum Gasteiger partial charge on any atom is 0.246 e. The number of sulfonamides is 1. The van der Waals surface area contributed by atoms with Crippen LogP contribution in [0.25, 0.3) is 0 Å². The SMILES string of the molecule is Cc1noc(C)c1S(=O)(=O)N[C@H](c1ccc(F)cc1)c1nccn1C. The zero-order valence-corrected chi connectivity index (χ0v) is 14.7. The van der Waals surface area contributed by atoms with Gasteiger partial charge in [-0.1, -0.05) is 17.3 Å². The number of benzene rings is 1. The molecule has 1 N–H and O–H groups in total. The molecule has 0 unspecified atom stereocenters. The Balaban J connectivity index is 2.07. The van der Waals surface area contributed by atoms with Crippen LogP contribution in [0.4, 0.5) is 4.39 Å². The summed E-state index contributed by atoms with van der Waals surface area (Å²) in [4.78, 5) is 4.22. The van der Waals surface area contributed by atoms with E-state index in [-0.39, 0.29) is 16.3 Å². The highest BCUT2D eigenvalue weighted by atomic mass is 32.2. The van der Waals surface area contributed by atoms with E-state index in [1.165, 1.54) is 31.2 Å². The van der Waals surface area contributed by atoms with E-state index in [1.807, 2.05) is 0 Å². The van der Waals surface area contributed by atoms with Crippen LogP contribution < -0.4 is 4.72 Å². The van der Waals surface area contributed by atoms with Crippen LogP contribution in [0.5, 0.6) is 0 Å². The lowest BCUT2D eigenvalue weighted by molar-refractivity contribution is 0.390. The molecule has 0 saturated heterocycles. The van der Waals surface area contributed by atoms with Gasteiger partial charge < -0.3 is 9.09 Å². The molecule has 25 heavy (non-hydrogen) atoms. The maximum absolute atomic E-state index is 13.3. The molecule has 132 valence electrons. The minimum Gasteiger partial charge on any atom is -0.360 e. The quantitative estimate of drug-likeness (QED) is 0.750. The van der Waals surface area contributed by atoms with Crippen LogP contribution in [0.15, 0.2) is 46.1 Å². The van der Waals surface area contributed by atoms with Crippen molar-refractivity contribution in [2.45, 2.75) is 24.8 Å². The van der Waals surface area contributed by atoms with Gasteiger partial charge in [0.05, 0.1) is 0 Å². The van der Waals surface area contributed by atoms with Gasteiger partial charge in [-0.25, -0.2) is 17.8 Å². The van der Waals surface area contributed by atoms with Gasteiger partial charge in [-0.15, -0.1) is 0 Å². The highest BCUT2D eigenvalue weighted by molar-refractivity contribution is 7.89. The number of nitrogens with one attached hydrogen (secondary N) is 1. The van der Waals surface area contributed by atoms with Crippen LogP contribution in [-0.2, 0) is 17.1 Å². The second-order valence-electron chi connectivity index (χ2n) is 5.66. The van der Waals surface area contributed by atoms with Crippen molar-refractivity contribution >= 4 is 10.0 Å². The summed E-state index contributed by atoms with van der Waals surface area (Å²) >= 11 is 0. The van der Waals surface area contributed by atoms with E-state index in [9.17, 15) is 12.8 Å². The van der Waals surface area contributed by atoms with Crippen molar-refractivity contribution in [3.05, 3.63) is 65.3 Å². The third-order valence-electron chi connectivity index (χ3n) is 3.83. The van der Waals surface area contributed by atoms with E-state index in [4.69, 9.17) is 4.52 Å². The molecule has 0 amide bonds. The summed E-state index contributed by atoms with van der Waals surface area (Å²) in [5.41, 5.74) is 0.828. The van der Waals surface area contributed by atoms with Gasteiger partial charge in [-0.05, 0) is 31.5 Å². The van der Waals surface area contributed by atoms with Crippen molar-refractivity contribution in [1.82, 2.24) is 19.4 Å². The van der Waals surface area contributed by atoms with Crippen molar-refractivity contribution in [2.75, 3.05) is 0 Å². The first-order valence-electron chi connectivity index (χ1n) is 7.47. The largest absolute Gasteiger partial charge is 0.360 e. The number of aromatic nitrogens is 3. The maximum atomic E-state index is 13.3. The van der Waals surface area contributed by atoms with Crippen molar-refractivity contribution in [2.24, 2.45) is 7.05 Å². The van der Waals surface area contributed by atoms with E-state index in [0.717, 1.165) is 0 Å². The van der Waals surface area contributed by atoms with E-state index >= 15 is 0 Å². The molecular weight excluding hydrogens is 347 g/mol. The molecule has 0 fully saturated rings. The number of hydrogen-bond acceptors (Lipinski definition) is 5.